The van der Waals surface area contributed by atoms with Gasteiger partial charge < -0.3 is 20.7 Å². The predicted molar refractivity (Wildman–Crippen MR) is 128 cm³/mol. The van der Waals surface area contributed by atoms with Crippen LogP contribution in [0.15, 0.2) is 36.4 Å². The molecule has 2 saturated heterocycles. The Morgan fingerprint density at radius 3 is 2.48 bits per heavy atom. The van der Waals surface area contributed by atoms with E-state index in [0.29, 0.717) is 5.92 Å². The van der Waals surface area contributed by atoms with Crippen molar-refractivity contribution in [2.24, 2.45) is 5.92 Å². The fourth-order valence-electron chi connectivity index (χ4n) is 5.26. The molecule has 3 aliphatic heterocycles. The number of ether oxygens (including phenoxy) is 1. The van der Waals surface area contributed by atoms with Crippen LogP contribution in [0.5, 0.6) is 5.75 Å². The van der Waals surface area contributed by atoms with E-state index in [2.05, 4.69) is 71.1 Å². The van der Waals surface area contributed by atoms with Crippen molar-refractivity contribution in [2.45, 2.75) is 38.6 Å². The van der Waals surface area contributed by atoms with Gasteiger partial charge in [-0.25, -0.2) is 0 Å². The highest BCUT2D eigenvalue weighted by atomic mass is 16.5. The van der Waals surface area contributed by atoms with Gasteiger partial charge in [0.2, 0.25) is 0 Å². The first kappa shape index (κ1) is 20.8. The van der Waals surface area contributed by atoms with E-state index in [1.165, 1.54) is 40.9 Å². The van der Waals surface area contributed by atoms with Gasteiger partial charge in [0.05, 0.1) is 6.61 Å². The van der Waals surface area contributed by atoms with Crippen molar-refractivity contribution in [3.8, 4) is 5.75 Å². The molecule has 166 valence electrons. The molecule has 0 aromatic heterocycles. The van der Waals surface area contributed by atoms with E-state index < -0.39 is 0 Å². The van der Waals surface area contributed by atoms with Crippen LogP contribution in [0, 0.1) is 5.92 Å². The van der Waals surface area contributed by atoms with Crippen LogP contribution >= 0.6 is 0 Å². The topological polar surface area (TPSA) is 48.6 Å². The third-order valence-electron chi connectivity index (χ3n) is 7.25. The smallest absolute Gasteiger partial charge is 0.121 e. The summed E-state index contributed by atoms with van der Waals surface area (Å²) in [7, 11) is 0. The molecule has 0 bridgehead atoms. The first-order valence-electron chi connectivity index (χ1n) is 11.9. The van der Waals surface area contributed by atoms with Gasteiger partial charge in [0.15, 0.2) is 0 Å². The summed E-state index contributed by atoms with van der Waals surface area (Å²) in [5.41, 5.74) is 6.49. The molecule has 0 radical (unpaired) electrons. The summed E-state index contributed by atoms with van der Waals surface area (Å²) in [5.74, 6) is 1.64. The Balaban J connectivity index is 1.33. The quantitative estimate of drug-likeness (QED) is 0.686. The van der Waals surface area contributed by atoms with Gasteiger partial charge in [-0.1, -0.05) is 32.0 Å². The SMILES string of the molecule is CC1(C)c2ccc(OCC3CCNCC3)cc2Nc2ccc(CN3CCNCC3)cc21. The van der Waals surface area contributed by atoms with Crippen LogP contribution in [-0.2, 0) is 12.0 Å². The molecular weight excluding hydrogens is 384 g/mol. The first-order chi connectivity index (χ1) is 15.1. The van der Waals surface area contributed by atoms with Gasteiger partial charge in [-0.3, -0.25) is 4.90 Å². The number of anilines is 2. The van der Waals surface area contributed by atoms with Crippen molar-refractivity contribution >= 4 is 11.4 Å². The highest BCUT2D eigenvalue weighted by molar-refractivity contribution is 5.76. The Morgan fingerprint density at radius 2 is 1.68 bits per heavy atom. The van der Waals surface area contributed by atoms with Gasteiger partial charge in [0.1, 0.15) is 5.75 Å². The molecule has 0 unspecified atom stereocenters. The second-order valence-electron chi connectivity index (χ2n) is 9.87. The summed E-state index contributed by atoms with van der Waals surface area (Å²) in [6.45, 7) is 13.2. The summed E-state index contributed by atoms with van der Waals surface area (Å²) in [4.78, 5) is 2.54. The van der Waals surface area contributed by atoms with Crippen LogP contribution in [-0.4, -0.2) is 50.8 Å². The van der Waals surface area contributed by atoms with Crippen molar-refractivity contribution in [3.05, 3.63) is 53.1 Å². The second kappa shape index (κ2) is 8.81. The van der Waals surface area contributed by atoms with Crippen molar-refractivity contribution in [3.63, 3.8) is 0 Å². The molecule has 2 aromatic rings. The standard InChI is InChI=1S/C26H36N4O/c1-26(2)22-5-4-21(31-18-19-7-9-27-10-8-19)16-25(22)29-24-6-3-20(15-23(24)26)17-30-13-11-28-12-14-30/h3-6,15-16,19,27-29H,7-14,17-18H2,1-2H3. The molecule has 3 heterocycles. The average Bonchev–Trinajstić information content (AvgIpc) is 2.79. The Hall–Kier alpha value is -2.08. The van der Waals surface area contributed by atoms with Crippen molar-refractivity contribution < 1.29 is 4.74 Å². The molecule has 0 spiro atoms. The third kappa shape index (κ3) is 4.45. The van der Waals surface area contributed by atoms with E-state index in [4.69, 9.17) is 4.74 Å². The fraction of sp³-hybridized carbons (Fsp3) is 0.538. The van der Waals surface area contributed by atoms with Crippen molar-refractivity contribution in [1.82, 2.24) is 15.5 Å². The van der Waals surface area contributed by atoms with Crippen molar-refractivity contribution in [2.75, 3.05) is 51.2 Å². The molecule has 2 fully saturated rings. The minimum absolute atomic E-state index is 0.0387. The normalized spacial score (nSPS) is 21.1. The van der Waals surface area contributed by atoms with Gasteiger partial charge in [-0.05, 0) is 60.7 Å². The van der Waals surface area contributed by atoms with Crippen LogP contribution in [0.3, 0.4) is 0 Å². The number of hydrogen-bond acceptors (Lipinski definition) is 5. The van der Waals surface area contributed by atoms with Crippen LogP contribution in [0.1, 0.15) is 43.4 Å². The highest BCUT2D eigenvalue weighted by Gasteiger charge is 2.33. The molecule has 3 aliphatic rings. The lowest BCUT2D eigenvalue weighted by Crippen LogP contribution is -2.42. The molecule has 31 heavy (non-hydrogen) atoms. The molecule has 0 saturated carbocycles. The lowest BCUT2D eigenvalue weighted by atomic mass is 9.74. The maximum Gasteiger partial charge on any atom is 0.121 e. The zero-order valence-electron chi connectivity index (χ0n) is 19.0. The number of nitrogens with zero attached hydrogens (tertiary/aromatic N) is 1. The second-order valence-corrected chi connectivity index (χ2v) is 9.87. The van der Waals surface area contributed by atoms with E-state index in [9.17, 15) is 0 Å². The third-order valence-corrected chi connectivity index (χ3v) is 7.25. The van der Waals surface area contributed by atoms with Gasteiger partial charge in [0.25, 0.3) is 0 Å². The maximum absolute atomic E-state index is 6.19. The zero-order chi connectivity index (χ0) is 21.3. The van der Waals surface area contributed by atoms with Crippen LogP contribution in [0.2, 0.25) is 0 Å². The van der Waals surface area contributed by atoms with Crippen LogP contribution in [0.25, 0.3) is 0 Å². The Morgan fingerprint density at radius 1 is 0.903 bits per heavy atom. The number of piperazine rings is 1. The summed E-state index contributed by atoms with van der Waals surface area (Å²) < 4.78 is 6.19. The number of hydrogen-bond donors (Lipinski definition) is 3. The molecule has 5 nitrogen and oxygen atoms in total. The monoisotopic (exact) mass is 420 g/mol. The maximum atomic E-state index is 6.19. The van der Waals surface area contributed by atoms with Gasteiger partial charge in [0, 0.05) is 55.6 Å². The van der Waals surface area contributed by atoms with E-state index in [1.54, 1.807) is 0 Å². The van der Waals surface area contributed by atoms with Crippen LogP contribution < -0.4 is 20.7 Å². The summed E-state index contributed by atoms with van der Waals surface area (Å²) in [6, 6.07) is 13.6. The molecular formula is C26H36N4O. The van der Waals surface area contributed by atoms with Crippen molar-refractivity contribution in [1.29, 1.82) is 0 Å². The van der Waals surface area contributed by atoms with Gasteiger partial charge >= 0.3 is 0 Å². The highest BCUT2D eigenvalue weighted by Crippen LogP contribution is 2.46. The van der Waals surface area contributed by atoms with E-state index in [1.807, 2.05) is 0 Å². The van der Waals surface area contributed by atoms with Gasteiger partial charge in [-0.2, -0.15) is 0 Å². The predicted octanol–water partition coefficient (Wildman–Crippen LogP) is 3.85. The minimum Gasteiger partial charge on any atom is -0.493 e. The van der Waals surface area contributed by atoms with Crippen LogP contribution in [0.4, 0.5) is 11.4 Å². The zero-order valence-corrected chi connectivity index (χ0v) is 19.0. The molecule has 3 N–H and O–H groups in total. The number of rotatable bonds is 5. The average molecular weight is 421 g/mol. The molecule has 0 atom stereocenters. The summed E-state index contributed by atoms with van der Waals surface area (Å²) >= 11 is 0. The van der Waals surface area contributed by atoms with E-state index >= 15 is 0 Å². The van der Waals surface area contributed by atoms with E-state index in [-0.39, 0.29) is 5.41 Å². The number of benzene rings is 2. The lowest BCUT2D eigenvalue weighted by Gasteiger charge is -2.36. The Labute approximate surface area is 186 Å². The minimum atomic E-state index is -0.0387. The molecule has 0 aliphatic carbocycles. The van der Waals surface area contributed by atoms with E-state index in [0.717, 1.165) is 58.2 Å². The Kier molecular flexibility index (Phi) is 5.91. The largest absolute Gasteiger partial charge is 0.493 e. The number of nitrogens with one attached hydrogen (secondary N) is 3. The molecule has 5 heteroatoms. The van der Waals surface area contributed by atoms with Gasteiger partial charge in [-0.15, -0.1) is 0 Å². The summed E-state index contributed by atoms with van der Waals surface area (Å²) in [6.07, 6.45) is 2.42. The number of piperidine rings is 1. The molecule has 2 aromatic carbocycles. The molecule has 0 amide bonds. The first-order valence-corrected chi connectivity index (χ1v) is 11.9. The molecule has 5 rings (SSSR count). The number of fused-ring (bicyclic) bond motifs is 2. The Bertz CT molecular complexity index is 914. The lowest BCUT2D eigenvalue weighted by molar-refractivity contribution is 0.215. The fourth-order valence-corrected chi connectivity index (χ4v) is 5.26. The summed E-state index contributed by atoms with van der Waals surface area (Å²) in [5, 5.41) is 10.6.